The van der Waals surface area contributed by atoms with E-state index in [1.807, 2.05) is 98.0 Å². The third-order valence-electron chi connectivity index (χ3n) is 4.70. The number of nitrogens with one attached hydrogen (secondary N) is 1. The highest BCUT2D eigenvalue weighted by atomic mass is 16.5. The van der Waals surface area contributed by atoms with Gasteiger partial charge in [0, 0.05) is 5.56 Å². The Morgan fingerprint density at radius 3 is 2.37 bits per heavy atom. The molecule has 1 amide bonds. The first kappa shape index (κ1) is 21.4. The van der Waals surface area contributed by atoms with E-state index in [2.05, 4.69) is 5.32 Å². The smallest absolute Gasteiger partial charge is 0.287 e. The number of hydrogen-bond acceptors (Lipinski definition) is 3. The molecule has 1 atom stereocenters. The zero-order valence-electron chi connectivity index (χ0n) is 17.5. The van der Waals surface area contributed by atoms with Crippen molar-refractivity contribution in [2.75, 3.05) is 25.1 Å². The molecule has 0 aromatic heterocycles. The SMILES string of the molecule is CCOc1ccccc1NC(=O)[C@H]([NH2+]CCOc1ccc(C)cc1)c1ccccc1. The summed E-state index contributed by atoms with van der Waals surface area (Å²) in [5, 5.41) is 5.02. The summed E-state index contributed by atoms with van der Waals surface area (Å²) in [5.74, 6) is 1.41. The lowest BCUT2D eigenvalue weighted by Crippen LogP contribution is -2.88. The molecule has 0 spiro atoms. The van der Waals surface area contributed by atoms with Crippen molar-refractivity contribution in [2.24, 2.45) is 0 Å². The third-order valence-corrected chi connectivity index (χ3v) is 4.70. The standard InChI is InChI=1S/C25H28N2O3/c1-3-29-23-12-8-7-11-22(23)27-25(28)24(20-9-5-4-6-10-20)26-17-18-30-21-15-13-19(2)14-16-21/h4-16,24,26H,3,17-18H2,1-2H3,(H,27,28)/p+1/t24-/m1/s1. The molecule has 0 unspecified atom stereocenters. The quantitative estimate of drug-likeness (QED) is 0.506. The summed E-state index contributed by atoms with van der Waals surface area (Å²) in [7, 11) is 0. The number of benzene rings is 3. The second-order valence-electron chi connectivity index (χ2n) is 6.99. The lowest BCUT2D eigenvalue weighted by Gasteiger charge is -2.17. The Balaban J connectivity index is 1.65. The van der Waals surface area contributed by atoms with Gasteiger partial charge in [-0.2, -0.15) is 0 Å². The molecule has 3 aromatic carbocycles. The average molecular weight is 406 g/mol. The van der Waals surface area contributed by atoms with E-state index in [1.165, 1.54) is 5.56 Å². The monoisotopic (exact) mass is 405 g/mol. The molecule has 0 heterocycles. The summed E-state index contributed by atoms with van der Waals surface area (Å²) >= 11 is 0. The number of aryl methyl sites for hydroxylation is 1. The number of carbonyl (C=O) groups excluding carboxylic acids is 1. The van der Waals surface area contributed by atoms with Crippen molar-refractivity contribution < 1.29 is 19.6 Å². The fourth-order valence-corrected chi connectivity index (χ4v) is 3.16. The molecule has 0 aliphatic carbocycles. The first-order chi connectivity index (χ1) is 14.7. The number of rotatable bonds is 10. The minimum Gasteiger partial charge on any atom is -0.492 e. The van der Waals surface area contributed by atoms with Crippen LogP contribution in [0.25, 0.3) is 0 Å². The Labute approximate surface area is 178 Å². The molecule has 3 N–H and O–H groups in total. The van der Waals surface area contributed by atoms with Crippen LogP contribution in [0.3, 0.4) is 0 Å². The Kier molecular flexibility index (Phi) is 7.86. The van der Waals surface area contributed by atoms with Gasteiger partial charge in [-0.15, -0.1) is 0 Å². The molecule has 0 fully saturated rings. The van der Waals surface area contributed by atoms with Gasteiger partial charge in [0.15, 0.2) is 6.04 Å². The molecule has 0 aliphatic heterocycles. The summed E-state index contributed by atoms with van der Waals surface area (Å²) in [6, 6.07) is 24.8. The minimum atomic E-state index is -0.387. The first-order valence-electron chi connectivity index (χ1n) is 10.3. The third kappa shape index (κ3) is 6.09. The second kappa shape index (κ2) is 11.0. The predicted molar refractivity (Wildman–Crippen MR) is 119 cm³/mol. The summed E-state index contributed by atoms with van der Waals surface area (Å²) < 4.78 is 11.4. The first-order valence-corrected chi connectivity index (χ1v) is 10.3. The van der Waals surface area contributed by atoms with Gasteiger partial charge in [-0.1, -0.05) is 60.2 Å². The van der Waals surface area contributed by atoms with Gasteiger partial charge < -0.3 is 20.1 Å². The van der Waals surface area contributed by atoms with Gasteiger partial charge in [-0.25, -0.2) is 0 Å². The highest BCUT2D eigenvalue weighted by molar-refractivity contribution is 5.95. The lowest BCUT2D eigenvalue weighted by atomic mass is 10.1. The van der Waals surface area contributed by atoms with Crippen LogP contribution in [0, 0.1) is 6.92 Å². The second-order valence-corrected chi connectivity index (χ2v) is 6.99. The molecule has 3 aromatic rings. The highest BCUT2D eigenvalue weighted by Crippen LogP contribution is 2.24. The van der Waals surface area contributed by atoms with Crippen molar-refractivity contribution in [3.63, 3.8) is 0 Å². The van der Waals surface area contributed by atoms with E-state index in [4.69, 9.17) is 9.47 Å². The van der Waals surface area contributed by atoms with E-state index in [0.717, 1.165) is 11.3 Å². The number of carbonyl (C=O) groups is 1. The maximum Gasteiger partial charge on any atom is 0.287 e. The Hall–Kier alpha value is -3.31. The van der Waals surface area contributed by atoms with Crippen LogP contribution in [0.15, 0.2) is 78.9 Å². The number of amides is 1. The van der Waals surface area contributed by atoms with E-state index >= 15 is 0 Å². The van der Waals surface area contributed by atoms with Gasteiger partial charge in [0.25, 0.3) is 5.91 Å². The van der Waals surface area contributed by atoms with Crippen molar-refractivity contribution in [1.82, 2.24) is 0 Å². The van der Waals surface area contributed by atoms with Crippen molar-refractivity contribution >= 4 is 11.6 Å². The molecule has 3 rings (SSSR count). The van der Waals surface area contributed by atoms with E-state index in [0.29, 0.717) is 31.2 Å². The summed E-state index contributed by atoms with van der Waals surface area (Å²) in [6.07, 6.45) is 0. The summed E-state index contributed by atoms with van der Waals surface area (Å²) in [6.45, 7) is 5.66. The van der Waals surface area contributed by atoms with Crippen LogP contribution < -0.4 is 20.1 Å². The van der Waals surface area contributed by atoms with Crippen molar-refractivity contribution in [1.29, 1.82) is 0 Å². The molecular formula is C25H29N2O3+. The predicted octanol–water partition coefficient (Wildman–Crippen LogP) is 3.72. The molecule has 5 heteroatoms. The van der Waals surface area contributed by atoms with Crippen LogP contribution in [0.5, 0.6) is 11.5 Å². The molecule has 0 saturated heterocycles. The van der Waals surface area contributed by atoms with Crippen molar-refractivity contribution in [3.05, 3.63) is 90.0 Å². The molecule has 0 aliphatic rings. The van der Waals surface area contributed by atoms with Gasteiger partial charge in [0.1, 0.15) is 24.7 Å². The number of quaternary nitrogens is 1. The molecule has 0 radical (unpaired) electrons. The number of nitrogens with two attached hydrogens (primary N) is 1. The normalized spacial score (nSPS) is 11.5. The van der Waals surface area contributed by atoms with Crippen LogP contribution in [-0.4, -0.2) is 25.7 Å². The van der Waals surface area contributed by atoms with Gasteiger partial charge >= 0.3 is 0 Å². The largest absolute Gasteiger partial charge is 0.492 e. The van der Waals surface area contributed by atoms with Gasteiger partial charge in [0.05, 0.1) is 12.3 Å². The van der Waals surface area contributed by atoms with E-state index in [9.17, 15) is 4.79 Å². The number of hydrogen-bond donors (Lipinski definition) is 2. The number of ether oxygens (including phenoxy) is 2. The Morgan fingerprint density at radius 2 is 1.63 bits per heavy atom. The maximum atomic E-state index is 13.1. The number of para-hydroxylation sites is 2. The van der Waals surface area contributed by atoms with Crippen LogP contribution in [0.4, 0.5) is 5.69 Å². The van der Waals surface area contributed by atoms with Crippen LogP contribution >= 0.6 is 0 Å². The van der Waals surface area contributed by atoms with Gasteiger partial charge in [0.2, 0.25) is 0 Å². The average Bonchev–Trinajstić information content (AvgIpc) is 2.77. The molecule has 5 nitrogen and oxygen atoms in total. The van der Waals surface area contributed by atoms with Gasteiger partial charge in [-0.05, 0) is 38.1 Å². The Morgan fingerprint density at radius 1 is 0.933 bits per heavy atom. The van der Waals surface area contributed by atoms with E-state index < -0.39 is 0 Å². The molecule has 0 bridgehead atoms. The molecular weight excluding hydrogens is 376 g/mol. The fraction of sp³-hybridized carbons (Fsp3) is 0.240. The fourth-order valence-electron chi connectivity index (χ4n) is 3.16. The molecule has 30 heavy (non-hydrogen) atoms. The van der Waals surface area contributed by atoms with Crippen molar-refractivity contribution in [2.45, 2.75) is 19.9 Å². The minimum absolute atomic E-state index is 0.0938. The highest BCUT2D eigenvalue weighted by Gasteiger charge is 2.24. The van der Waals surface area contributed by atoms with E-state index in [1.54, 1.807) is 0 Å². The Bertz CT molecular complexity index is 927. The van der Waals surface area contributed by atoms with Crippen LogP contribution in [0.2, 0.25) is 0 Å². The van der Waals surface area contributed by atoms with Crippen LogP contribution in [0.1, 0.15) is 24.1 Å². The van der Waals surface area contributed by atoms with E-state index in [-0.39, 0.29) is 11.9 Å². The summed E-state index contributed by atoms with van der Waals surface area (Å²) in [5.41, 5.74) is 2.82. The zero-order valence-corrected chi connectivity index (χ0v) is 17.5. The maximum absolute atomic E-state index is 13.1. The summed E-state index contributed by atoms with van der Waals surface area (Å²) in [4.78, 5) is 13.1. The lowest BCUT2D eigenvalue weighted by molar-refractivity contribution is -0.682. The van der Waals surface area contributed by atoms with Crippen LogP contribution in [-0.2, 0) is 4.79 Å². The zero-order chi connectivity index (χ0) is 21.2. The molecule has 0 saturated carbocycles. The number of anilines is 1. The van der Waals surface area contributed by atoms with Gasteiger partial charge in [-0.3, -0.25) is 4.79 Å². The topological polar surface area (TPSA) is 64.2 Å². The van der Waals surface area contributed by atoms with Crippen molar-refractivity contribution in [3.8, 4) is 11.5 Å². The molecule has 156 valence electrons.